The monoisotopic (exact) mass is 363 g/mol. The number of nitrogens with one attached hydrogen (secondary N) is 2. The van der Waals surface area contributed by atoms with Crippen LogP contribution in [0, 0.1) is 5.92 Å². The molecule has 0 aliphatic carbocycles. The van der Waals surface area contributed by atoms with Gasteiger partial charge in [-0.2, -0.15) is 5.10 Å². The molecular weight excluding hydrogens is 342 g/mol. The number of nitrogens with zero attached hydrogens (tertiary/aromatic N) is 3. The molecule has 0 atom stereocenters. The normalized spacial score (nSPS) is 10.6. The second kappa shape index (κ2) is 8.27. The molecule has 0 unspecified atom stereocenters. The number of benzene rings is 1. The van der Waals surface area contributed by atoms with Gasteiger partial charge in [0.1, 0.15) is 5.69 Å². The van der Waals surface area contributed by atoms with E-state index in [0.29, 0.717) is 17.8 Å². The predicted molar refractivity (Wildman–Crippen MR) is 101 cm³/mol. The van der Waals surface area contributed by atoms with Crippen LogP contribution in [0.1, 0.15) is 29.8 Å². The highest BCUT2D eigenvalue weighted by Crippen LogP contribution is 2.21. The van der Waals surface area contributed by atoms with Crippen LogP contribution in [-0.4, -0.2) is 26.6 Å². The Hall–Kier alpha value is -3.48. The van der Waals surface area contributed by atoms with Crippen molar-refractivity contribution in [2.24, 2.45) is 5.92 Å². The number of carbonyl (C=O) groups excluding carboxylic acids is 2. The van der Waals surface area contributed by atoms with E-state index in [2.05, 4.69) is 20.9 Å². The zero-order chi connectivity index (χ0) is 19.2. The molecule has 0 aliphatic heterocycles. The van der Waals surface area contributed by atoms with Gasteiger partial charge in [-0.1, -0.05) is 44.2 Å². The number of carbonyl (C=O) groups is 2. The van der Waals surface area contributed by atoms with E-state index < -0.39 is 5.91 Å². The fourth-order valence-electron chi connectivity index (χ4n) is 2.49. The van der Waals surface area contributed by atoms with Crippen LogP contribution >= 0.6 is 0 Å². The molecule has 7 heteroatoms. The van der Waals surface area contributed by atoms with Crippen LogP contribution in [0.25, 0.3) is 11.3 Å². The summed E-state index contributed by atoms with van der Waals surface area (Å²) >= 11 is 0. The smallest absolute Gasteiger partial charge is 0.273 e. The predicted octanol–water partition coefficient (Wildman–Crippen LogP) is 2.41. The van der Waals surface area contributed by atoms with Gasteiger partial charge >= 0.3 is 0 Å². The van der Waals surface area contributed by atoms with Crippen molar-refractivity contribution in [2.45, 2.75) is 20.4 Å². The molecule has 0 fully saturated rings. The molecule has 0 aliphatic rings. The minimum atomic E-state index is -0.429. The molecule has 0 saturated carbocycles. The molecule has 0 bridgehead atoms. The molecule has 1 aromatic carbocycles. The summed E-state index contributed by atoms with van der Waals surface area (Å²) in [5, 5.41) is 4.56. The molecular formula is C20H21N5O2. The summed E-state index contributed by atoms with van der Waals surface area (Å²) < 4.78 is 1.71. The number of aromatic nitrogens is 3. The molecule has 27 heavy (non-hydrogen) atoms. The van der Waals surface area contributed by atoms with Crippen LogP contribution < -0.4 is 10.9 Å². The Morgan fingerprint density at radius 3 is 2.52 bits per heavy atom. The maximum Gasteiger partial charge on any atom is 0.273 e. The maximum absolute atomic E-state index is 12.6. The summed E-state index contributed by atoms with van der Waals surface area (Å²) in [4.78, 5) is 28.5. The van der Waals surface area contributed by atoms with Gasteiger partial charge in [-0.3, -0.25) is 30.1 Å². The van der Waals surface area contributed by atoms with Gasteiger partial charge in [-0.05, 0) is 17.7 Å². The standard InChI is InChI=1S/C20H21N5O2/c1-14(2)19(26)22-23-20(27)17-13-25(12-15-7-4-3-5-8-15)24-18(17)16-9-6-10-21-11-16/h3-11,13-14H,12H2,1-2H3,(H,22,26)(H,23,27). The third-order valence-electron chi connectivity index (χ3n) is 3.95. The van der Waals surface area contributed by atoms with Gasteiger partial charge in [0.15, 0.2) is 0 Å². The molecule has 7 nitrogen and oxygen atoms in total. The van der Waals surface area contributed by atoms with Crippen LogP contribution in [-0.2, 0) is 11.3 Å². The first kappa shape index (κ1) is 18.3. The first-order valence-electron chi connectivity index (χ1n) is 8.66. The van der Waals surface area contributed by atoms with E-state index >= 15 is 0 Å². The Morgan fingerprint density at radius 2 is 1.85 bits per heavy atom. The maximum atomic E-state index is 12.6. The number of hydrogen-bond acceptors (Lipinski definition) is 4. The van der Waals surface area contributed by atoms with Crippen LogP contribution in [0.4, 0.5) is 0 Å². The second-order valence-corrected chi connectivity index (χ2v) is 6.41. The lowest BCUT2D eigenvalue weighted by Crippen LogP contribution is -2.43. The summed E-state index contributed by atoms with van der Waals surface area (Å²) in [6.45, 7) is 4.03. The van der Waals surface area contributed by atoms with Crippen molar-refractivity contribution in [3.05, 3.63) is 72.2 Å². The Morgan fingerprint density at radius 1 is 1.07 bits per heavy atom. The van der Waals surface area contributed by atoms with Crippen LogP contribution in [0.2, 0.25) is 0 Å². The molecule has 0 spiro atoms. The molecule has 3 aromatic rings. The third kappa shape index (κ3) is 4.58. The fraction of sp³-hybridized carbons (Fsp3) is 0.200. The van der Waals surface area contributed by atoms with Crippen LogP contribution in [0.15, 0.2) is 61.1 Å². The number of pyridine rings is 1. The van der Waals surface area contributed by atoms with Crippen molar-refractivity contribution in [3.8, 4) is 11.3 Å². The van der Waals surface area contributed by atoms with E-state index in [4.69, 9.17) is 0 Å². The molecule has 2 heterocycles. The van der Waals surface area contributed by atoms with Gasteiger partial charge in [-0.15, -0.1) is 0 Å². The first-order valence-corrected chi connectivity index (χ1v) is 8.66. The number of amides is 2. The third-order valence-corrected chi connectivity index (χ3v) is 3.95. The first-order chi connectivity index (χ1) is 13.0. The van der Waals surface area contributed by atoms with Gasteiger partial charge in [-0.25, -0.2) is 0 Å². The van der Waals surface area contributed by atoms with E-state index in [1.54, 1.807) is 43.2 Å². The van der Waals surface area contributed by atoms with Crippen LogP contribution in [0.5, 0.6) is 0 Å². The summed E-state index contributed by atoms with van der Waals surface area (Å²) in [5.41, 5.74) is 7.55. The number of hydrazine groups is 1. The number of hydrogen-bond donors (Lipinski definition) is 2. The highest BCUT2D eigenvalue weighted by Gasteiger charge is 2.19. The topological polar surface area (TPSA) is 88.9 Å². The zero-order valence-corrected chi connectivity index (χ0v) is 15.2. The van der Waals surface area contributed by atoms with E-state index in [1.165, 1.54) is 0 Å². The van der Waals surface area contributed by atoms with Crippen molar-refractivity contribution in [3.63, 3.8) is 0 Å². The quantitative estimate of drug-likeness (QED) is 0.681. The Bertz CT molecular complexity index is 920. The second-order valence-electron chi connectivity index (χ2n) is 6.41. The van der Waals surface area contributed by atoms with Crippen molar-refractivity contribution >= 4 is 11.8 Å². The zero-order valence-electron chi connectivity index (χ0n) is 15.2. The molecule has 138 valence electrons. The minimum Gasteiger partial charge on any atom is -0.273 e. The lowest BCUT2D eigenvalue weighted by atomic mass is 10.1. The average Bonchev–Trinajstić information content (AvgIpc) is 3.11. The van der Waals surface area contributed by atoms with Crippen molar-refractivity contribution < 1.29 is 9.59 Å². The lowest BCUT2D eigenvalue weighted by Gasteiger charge is -2.09. The highest BCUT2D eigenvalue weighted by molar-refractivity contribution is 6.00. The lowest BCUT2D eigenvalue weighted by molar-refractivity contribution is -0.124. The van der Waals surface area contributed by atoms with Gasteiger partial charge in [0.2, 0.25) is 5.91 Å². The molecule has 2 aromatic heterocycles. The van der Waals surface area contributed by atoms with E-state index in [9.17, 15) is 9.59 Å². The molecule has 2 N–H and O–H groups in total. The molecule has 2 amide bonds. The van der Waals surface area contributed by atoms with Gasteiger partial charge in [0, 0.05) is 30.1 Å². The molecule has 0 saturated heterocycles. The van der Waals surface area contributed by atoms with Crippen molar-refractivity contribution in [1.82, 2.24) is 25.6 Å². The van der Waals surface area contributed by atoms with Crippen molar-refractivity contribution in [1.29, 1.82) is 0 Å². The summed E-state index contributed by atoms with van der Waals surface area (Å²) in [7, 11) is 0. The van der Waals surface area contributed by atoms with Crippen molar-refractivity contribution in [2.75, 3.05) is 0 Å². The average molecular weight is 363 g/mol. The molecule has 0 radical (unpaired) electrons. The Balaban J connectivity index is 1.88. The Labute approximate surface area is 157 Å². The minimum absolute atomic E-state index is 0.233. The van der Waals surface area contributed by atoms with E-state index in [0.717, 1.165) is 11.1 Å². The summed E-state index contributed by atoms with van der Waals surface area (Å²) in [6.07, 6.45) is 4.98. The van der Waals surface area contributed by atoms with Crippen LogP contribution in [0.3, 0.4) is 0 Å². The fourth-order valence-corrected chi connectivity index (χ4v) is 2.49. The van der Waals surface area contributed by atoms with Gasteiger partial charge in [0.25, 0.3) is 5.91 Å². The van der Waals surface area contributed by atoms with Gasteiger partial charge in [0.05, 0.1) is 12.1 Å². The largest absolute Gasteiger partial charge is 0.273 e. The highest BCUT2D eigenvalue weighted by atomic mass is 16.2. The number of rotatable bonds is 5. The van der Waals surface area contributed by atoms with E-state index in [-0.39, 0.29) is 11.8 Å². The van der Waals surface area contributed by atoms with Gasteiger partial charge < -0.3 is 0 Å². The summed E-state index contributed by atoms with van der Waals surface area (Å²) in [5.74, 6) is -0.922. The SMILES string of the molecule is CC(C)C(=O)NNC(=O)c1cn(Cc2ccccc2)nc1-c1cccnc1. The Kier molecular flexibility index (Phi) is 5.61. The molecule has 3 rings (SSSR count). The summed E-state index contributed by atoms with van der Waals surface area (Å²) in [6, 6.07) is 13.5. The van der Waals surface area contributed by atoms with E-state index in [1.807, 2.05) is 36.4 Å².